The van der Waals surface area contributed by atoms with Gasteiger partial charge in [-0.05, 0) is 48.5 Å². The zero-order valence-electron chi connectivity index (χ0n) is 20.3. The van der Waals surface area contributed by atoms with Gasteiger partial charge in [0.05, 0.1) is 13.1 Å². The molecule has 0 aromatic heterocycles. The Bertz CT molecular complexity index is 1410. The predicted molar refractivity (Wildman–Crippen MR) is 139 cm³/mol. The lowest BCUT2D eigenvalue weighted by atomic mass is 9.86. The van der Waals surface area contributed by atoms with E-state index in [1.165, 1.54) is 0 Å². The Morgan fingerprint density at radius 3 is 1.08 bits per heavy atom. The highest BCUT2D eigenvalue weighted by Crippen LogP contribution is 2.37. The molecule has 2 aliphatic heterocycles. The highest BCUT2D eigenvalue weighted by molar-refractivity contribution is 6.33. The summed E-state index contributed by atoms with van der Waals surface area (Å²) in [5.74, 6) is -0.663. The van der Waals surface area contributed by atoms with Crippen molar-refractivity contribution in [2.45, 2.75) is 0 Å². The highest BCUT2D eigenvalue weighted by atomic mass is 16.5. The van der Waals surface area contributed by atoms with E-state index in [4.69, 9.17) is 9.47 Å². The lowest BCUT2D eigenvalue weighted by Crippen LogP contribution is -2.45. The van der Waals surface area contributed by atoms with Gasteiger partial charge in [-0.2, -0.15) is 0 Å². The lowest BCUT2D eigenvalue weighted by Gasteiger charge is -2.31. The molecule has 38 heavy (non-hydrogen) atoms. The third kappa shape index (κ3) is 3.87. The Kier molecular flexibility index (Phi) is 5.84. The molecule has 6 rings (SSSR count). The number of amides is 4. The molecule has 0 radical (unpaired) electrons. The highest BCUT2D eigenvalue weighted by Gasteiger charge is 2.39. The summed E-state index contributed by atoms with van der Waals surface area (Å²) in [6.45, 7) is 0.383. The van der Waals surface area contributed by atoms with E-state index in [9.17, 15) is 19.2 Å². The second kappa shape index (κ2) is 9.48. The van der Waals surface area contributed by atoms with E-state index in [0.29, 0.717) is 22.3 Å². The number of hydrogen-bond acceptors (Lipinski definition) is 6. The topological polar surface area (TPSA) is 93.2 Å². The number of ether oxygens (including phenoxy) is 2. The minimum atomic E-state index is -0.485. The summed E-state index contributed by atoms with van der Waals surface area (Å²) < 4.78 is 11.4. The van der Waals surface area contributed by atoms with Gasteiger partial charge < -0.3 is 9.47 Å². The summed E-state index contributed by atoms with van der Waals surface area (Å²) in [4.78, 5) is 55.6. The van der Waals surface area contributed by atoms with Crippen molar-refractivity contribution in [1.82, 2.24) is 9.80 Å². The van der Waals surface area contributed by atoms with Gasteiger partial charge in [0, 0.05) is 33.0 Å². The smallest absolute Gasteiger partial charge is 0.261 e. The van der Waals surface area contributed by atoms with Crippen molar-refractivity contribution in [3.63, 3.8) is 0 Å². The van der Waals surface area contributed by atoms with Gasteiger partial charge in [-0.3, -0.25) is 29.0 Å². The maximum atomic E-state index is 13.3. The quantitative estimate of drug-likeness (QED) is 0.333. The predicted octanol–water partition coefficient (Wildman–Crippen LogP) is 4.19. The van der Waals surface area contributed by atoms with Crippen LogP contribution in [0.5, 0.6) is 11.5 Å². The molecule has 0 fully saturated rings. The molecule has 0 saturated heterocycles. The molecular formula is C30H22N2O6. The molecule has 2 aliphatic rings. The lowest BCUT2D eigenvalue weighted by molar-refractivity contribution is 0.0567. The van der Waals surface area contributed by atoms with Crippen LogP contribution in [0, 0.1) is 0 Å². The van der Waals surface area contributed by atoms with Gasteiger partial charge in [-0.25, -0.2) is 0 Å². The molecule has 0 aliphatic carbocycles. The van der Waals surface area contributed by atoms with Crippen LogP contribution in [0.1, 0.15) is 41.4 Å². The van der Waals surface area contributed by atoms with Crippen LogP contribution in [0.3, 0.4) is 0 Å². The number of para-hydroxylation sites is 2. The first kappa shape index (κ1) is 23.4. The van der Waals surface area contributed by atoms with Crippen molar-refractivity contribution in [3.8, 4) is 11.5 Å². The molecule has 0 atom stereocenters. The molecule has 8 nitrogen and oxygen atoms in total. The molecule has 0 spiro atoms. The number of imide groups is 2. The molecular weight excluding hydrogens is 484 g/mol. The van der Waals surface area contributed by atoms with E-state index in [0.717, 1.165) is 9.80 Å². The summed E-state index contributed by atoms with van der Waals surface area (Å²) in [5, 5.41) is 0.689. The standard InChI is InChI=1S/C30H22N2O6/c33-27-21-11-13-23-26-24(30(36)32(29(23)35)16-18-38-20-9-5-2-6-10-20)14-12-22(25(21)26)28(34)31(27)15-17-37-19-7-3-1-4-8-19/h1-14H,15-18H2. The van der Waals surface area contributed by atoms with Crippen LogP contribution >= 0.6 is 0 Å². The third-order valence-corrected chi connectivity index (χ3v) is 6.72. The van der Waals surface area contributed by atoms with Gasteiger partial charge >= 0.3 is 0 Å². The van der Waals surface area contributed by atoms with Crippen LogP contribution in [-0.2, 0) is 0 Å². The van der Waals surface area contributed by atoms with Gasteiger partial charge in [-0.1, -0.05) is 36.4 Å². The number of carbonyl (C=O) groups is 4. The molecule has 0 N–H and O–H groups in total. The van der Waals surface area contributed by atoms with Crippen LogP contribution in [0.2, 0.25) is 0 Å². The monoisotopic (exact) mass is 506 g/mol. The summed E-state index contributed by atoms with van der Waals surface area (Å²) in [6.07, 6.45) is 0. The number of carbonyl (C=O) groups excluding carboxylic acids is 4. The Labute approximate surface area is 218 Å². The van der Waals surface area contributed by atoms with Gasteiger partial charge in [0.2, 0.25) is 0 Å². The second-order valence-corrected chi connectivity index (χ2v) is 8.92. The zero-order chi connectivity index (χ0) is 26.2. The average Bonchev–Trinajstić information content (AvgIpc) is 2.95. The van der Waals surface area contributed by atoms with Crippen LogP contribution in [0.25, 0.3) is 10.8 Å². The third-order valence-electron chi connectivity index (χ3n) is 6.72. The van der Waals surface area contributed by atoms with E-state index in [1.807, 2.05) is 36.4 Å². The minimum absolute atomic E-state index is 0.0596. The molecule has 0 unspecified atom stereocenters. The molecule has 4 aromatic carbocycles. The van der Waals surface area contributed by atoms with E-state index in [2.05, 4.69) is 0 Å². The fourth-order valence-corrected chi connectivity index (χ4v) is 4.92. The Hall–Kier alpha value is -4.98. The maximum Gasteiger partial charge on any atom is 0.261 e. The van der Waals surface area contributed by atoms with Gasteiger partial charge in [0.15, 0.2) is 0 Å². The first-order valence-electron chi connectivity index (χ1n) is 12.2. The van der Waals surface area contributed by atoms with Crippen LogP contribution in [-0.4, -0.2) is 59.7 Å². The van der Waals surface area contributed by atoms with Crippen LogP contribution < -0.4 is 9.47 Å². The van der Waals surface area contributed by atoms with Crippen molar-refractivity contribution in [2.75, 3.05) is 26.3 Å². The molecule has 4 aromatic rings. The van der Waals surface area contributed by atoms with Crippen molar-refractivity contribution in [1.29, 1.82) is 0 Å². The molecule has 0 saturated carbocycles. The first-order valence-corrected chi connectivity index (χ1v) is 12.2. The van der Waals surface area contributed by atoms with E-state index in [1.54, 1.807) is 48.5 Å². The van der Waals surface area contributed by atoms with Crippen molar-refractivity contribution in [3.05, 3.63) is 107 Å². The maximum absolute atomic E-state index is 13.3. The summed E-state index contributed by atoms with van der Waals surface area (Å²) in [5.41, 5.74) is 1.12. The number of hydrogen-bond donors (Lipinski definition) is 0. The van der Waals surface area contributed by atoms with Gasteiger partial charge in [0.25, 0.3) is 23.6 Å². The van der Waals surface area contributed by atoms with Crippen LogP contribution in [0.15, 0.2) is 84.9 Å². The largest absolute Gasteiger partial charge is 0.492 e. The molecule has 2 heterocycles. The first-order chi connectivity index (χ1) is 18.5. The Balaban J connectivity index is 1.27. The average molecular weight is 507 g/mol. The molecule has 4 amide bonds. The fourth-order valence-electron chi connectivity index (χ4n) is 4.92. The molecule has 188 valence electrons. The van der Waals surface area contributed by atoms with Crippen LogP contribution in [0.4, 0.5) is 0 Å². The van der Waals surface area contributed by atoms with Crippen molar-refractivity contribution >= 4 is 34.4 Å². The summed E-state index contributed by atoms with van der Waals surface area (Å²) in [7, 11) is 0. The Morgan fingerprint density at radius 1 is 0.447 bits per heavy atom. The van der Waals surface area contributed by atoms with E-state index in [-0.39, 0.29) is 48.6 Å². The normalized spacial score (nSPS) is 14.3. The zero-order valence-corrected chi connectivity index (χ0v) is 20.3. The summed E-state index contributed by atoms with van der Waals surface area (Å²) in [6, 6.07) is 24.5. The Morgan fingerprint density at radius 2 is 0.763 bits per heavy atom. The fraction of sp³-hybridized carbons (Fsp3) is 0.133. The molecule has 0 bridgehead atoms. The van der Waals surface area contributed by atoms with E-state index < -0.39 is 23.6 Å². The number of rotatable bonds is 8. The minimum Gasteiger partial charge on any atom is -0.492 e. The van der Waals surface area contributed by atoms with Crippen molar-refractivity contribution < 1.29 is 28.7 Å². The number of benzene rings is 4. The van der Waals surface area contributed by atoms with Crippen molar-refractivity contribution in [2.24, 2.45) is 0 Å². The number of nitrogens with zero attached hydrogens (tertiary/aromatic N) is 2. The SMILES string of the molecule is O=C1c2ccc3c4c(ccc(c24)C(=O)N1CCOc1ccccc1)C(=O)N(CCOc1ccccc1)C3=O. The molecule has 8 heteroatoms. The van der Waals surface area contributed by atoms with E-state index >= 15 is 0 Å². The second-order valence-electron chi connectivity index (χ2n) is 8.92. The summed E-state index contributed by atoms with van der Waals surface area (Å²) >= 11 is 0. The van der Waals surface area contributed by atoms with Gasteiger partial charge in [0.1, 0.15) is 24.7 Å². The van der Waals surface area contributed by atoms with Gasteiger partial charge in [-0.15, -0.1) is 0 Å².